The van der Waals surface area contributed by atoms with Crippen LogP contribution in [0.5, 0.6) is 0 Å². The number of nitrogens with zero attached hydrogens (tertiary/aromatic N) is 1. The molecule has 0 heterocycles. The first-order valence-electron chi connectivity index (χ1n) is 7.49. The fourth-order valence-corrected chi connectivity index (χ4v) is 2.28. The van der Waals surface area contributed by atoms with Gasteiger partial charge in [-0.05, 0) is 41.8 Å². The van der Waals surface area contributed by atoms with Crippen LogP contribution in [0.2, 0.25) is 0 Å². The Balaban J connectivity index is 2.02. The van der Waals surface area contributed by atoms with E-state index in [0.717, 1.165) is 12.0 Å². The van der Waals surface area contributed by atoms with Gasteiger partial charge in [-0.25, -0.2) is 4.79 Å². The van der Waals surface area contributed by atoms with Gasteiger partial charge in [0.05, 0.1) is 0 Å². The highest BCUT2D eigenvalue weighted by molar-refractivity contribution is 5.95. The number of nitrogens with one attached hydrogen (secondary N) is 1. The fourth-order valence-electron chi connectivity index (χ4n) is 2.28. The SMILES string of the molecule is CCc1ccc(CN(C)C(=O)c2ccc(NC(N)=O)cc2)cc1. The third-order valence-electron chi connectivity index (χ3n) is 3.60. The lowest BCUT2D eigenvalue weighted by molar-refractivity contribution is 0.0785. The first kappa shape index (κ1) is 16.5. The second-order valence-corrected chi connectivity index (χ2v) is 5.40. The molecule has 0 fully saturated rings. The molecule has 0 aliphatic rings. The number of anilines is 1. The van der Waals surface area contributed by atoms with Gasteiger partial charge in [-0.2, -0.15) is 0 Å². The Morgan fingerprint density at radius 3 is 2.09 bits per heavy atom. The van der Waals surface area contributed by atoms with Gasteiger partial charge < -0.3 is 16.0 Å². The van der Waals surface area contributed by atoms with Crippen molar-refractivity contribution in [2.45, 2.75) is 19.9 Å². The van der Waals surface area contributed by atoms with Crippen molar-refractivity contribution in [2.24, 2.45) is 5.73 Å². The Bertz CT molecular complexity index is 678. The molecule has 23 heavy (non-hydrogen) atoms. The van der Waals surface area contributed by atoms with Crippen LogP contribution in [0.25, 0.3) is 0 Å². The van der Waals surface area contributed by atoms with Crippen molar-refractivity contribution < 1.29 is 9.59 Å². The maximum Gasteiger partial charge on any atom is 0.316 e. The van der Waals surface area contributed by atoms with Gasteiger partial charge in [-0.15, -0.1) is 0 Å². The number of rotatable bonds is 5. The standard InChI is InChI=1S/C18H21N3O2/c1-3-13-4-6-14(7-5-13)12-21(2)17(22)15-8-10-16(11-9-15)20-18(19)23/h4-11H,3,12H2,1-2H3,(H3,19,20,23). The molecule has 3 N–H and O–H groups in total. The third-order valence-corrected chi connectivity index (χ3v) is 3.60. The molecule has 120 valence electrons. The summed E-state index contributed by atoms with van der Waals surface area (Å²) >= 11 is 0. The number of hydrogen-bond donors (Lipinski definition) is 2. The smallest absolute Gasteiger partial charge is 0.316 e. The van der Waals surface area contributed by atoms with E-state index in [9.17, 15) is 9.59 Å². The van der Waals surface area contributed by atoms with E-state index in [0.29, 0.717) is 17.8 Å². The van der Waals surface area contributed by atoms with E-state index in [2.05, 4.69) is 24.4 Å². The summed E-state index contributed by atoms with van der Waals surface area (Å²) in [4.78, 5) is 24.9. The number of hydrogen-bond acceptors (Lipinski definition) is 2. The van der Waals surface area contributed by atoms with Gasteiger partial charge in [-0.1, -0.05) is 31.2 Å². The maximum atomic E-state index is 12.4. The van der Waals surface area contributed by atoms with E-state index in [1.807, 2.05) is 12.1 Å². The molecule has 5 nitrogen and oxygen atoms in total. The van der Waals surface area contributed by atoms with E-state index in [4.69, 9.17) is 5.73 Å². The van der Waals surface area contributed by atoms with E-state index in [-0.39, 0.29) is 5.91 Å². The summed E-state index contributed by atoms with van der Waals surface area (Å²) in [7, 11) is 1.77. The molecule has 0 saturated heterocycles. The topological polar surface area (TPSA) is 75.4 Å². The van der Waals surface area contributed by atoms with E-state index >= 15 is 0 Å². The second kappa shape index (κ2) is 7.45. The summed E-state index contributed by atoms with van der Waals surface area (Å²) < 4.78 is 0. The summed E-state index contributed by atoms with van der Waals surface area (Å²) in [6, 6.07) is 14.3. The monoisotopic (exact) mass is 311 g/mol. The lowest BCUT2D eigenvalue weighted by atomic mass is 10.1. The first-order valence-corrected chi connectivity index (χ1v) is 7.49. The van der Waals surface area contributed by atoms with Gasteiger partial charge in [-0.3, -0.25) is 4.79 Å². The molecule has 0 aliphatic heterocycles. The van der Waals surface area contributed by atoms with E-state index in [1.54, 1.807) is 36.2 Å². The molecule has 3 amide bonds. The molecule has 0 atom stereocenters. The average Bonchev–Trinajstić information content (AvgIpc) is 2.55. The third kappa shape index (κ3) is 4.57. The van der Waals surface area contributed by atoms with Crippen molar-refractivity contribution in [3.63, 3.8) is 0 Å². The predicted octanol–water partition coefficient (Wildman–Crippen LogP) is 3.01. The van der Waals surface area contributed by atoms with Gasteiger partial charge in [0, 0.05) is 24.8 Å². The highest BCUT2D eigenvalue weighted by atomic mass is 16.2. The molecule has 0 spiro atoms. The van der Waals surface area contributed by atoms with E-state index < -0.39 is 6.03 Å². The van der Waals surface area contributed by atoms with Crippen LogP contribution in [-0.4, -0.2) is 23.9 Å². The average molecular weight is 311 g/mol. The Morgan fingerprint density at radius 2 is 1.57 bits per heavy atom. The number of nitrogens with two attached hydrogens (primary N) is 1. The Labute approximate surface area is 136 Å². The van der Waals surface area contributed by atoms with Gasteiger partial charge in [0.15, 0.2) is 0 Å². The summed E-state index contributed by atoms with van der Waals surface area (Å²) in [6.07, 6.45) is 1.00. The van der Waals surface area contributed by atoms with Gasteiger partial charge in [0.25, 0.3) is 5.91 Å². The van der Waals surface area contributed by atoms with Crippen molar-refractivity contribution in [2.75, 3.05) is 12.4 Å². The molecular formula is C18H21N3O2. The summed E-state index contributed by atoms with van der Waals surface area (Å²) in [5.41, 5.74) is 8.54. The van der Waals surface area contributed by atoms with Gasteiger partial charge >= 0.3 is 6.03 Å². The molecule has 0 aliphatic carbocycles. The Hall–Kier alpha value is -2.82. The molecule has 0 radical (unpaired) electrons. The van der Waals surface area contributed by atoms with Crippen LogP contribution in [-0.2, 0) is 13.0 Å². The second-order valence-electron chi connectivity index (χ2n) is 5.40. The Morgan fingerprint density at radius 1 is 1.00 bits per heavy atom. The van der Waals surface area contributed by atoms with Crippen molar-refractivity contribution in [1.82, 2.24) is 4.90 Å². The first-order chi connectivity index (χ1) is 11.0. The molecule has 0 aromatic heterocycles. The minimum Gasteiger partial charge on any atom is -0.351 e. The number of primary amides is 1. The largest absolute Gasteiger partial charge is 0.351 e. The normalized spacial score (nSPS) is 10.2. The van der Waals surface area contributed by atoms with E-state index in [1.165, 1.54) is 5.56 Å². The summed E-state index contributed by atoms with van der Waals surface area (Å²) in [5.74, 6) is -0.0739. The molecule has 0 bridgehead atoms. The van der Waals surface area contributed by atoms with Crippen LogP contribution in [0.15, 0.2) is 48.5 Å². The Kier molecular flexibility index (Phi) is 5.36. The molecule has 2 aromatic rings. The number of amides is 3. The van der Waals surface area contributed by atoms with Gasteiger partial charge in [0.1, 0.15) is 0 Å². The number of urea groups is 1. The highest BCUT2D eigenvalue weighted by Gasteiger charge is 2.12. The van der Waals surface area contributed by atoms with Crippen molar-refractivity contribution in [3.05, 3.63) is 65.2 Å². The van der Waals surface area contributed by atoms with Crippen molar-refractivity contribution in [1.29, 1.82) is 0 Å². The van der Waals surface area contributed by atoms with Crippen LogP contribution < -0.4 is 11.1 Å². The maximum absolute atomic E-state index is 12.4. The molecule has 2 rings (SSSR count). The molecular weight excluding hydrogens is 290 g/mol. The lowest BCUT2D eigenvalue weighted by Gasteiger charge is -2.18. The number of carbonyl (C=O) groups excluding carboxylic acids is 2. The van der Waals surface area contributed by atoms with Crippen LogP contribution in [0.1, 0.15) is 28.4 Å². The number of aryl methyl sites for hydroxylation is 1. The van der Waals surface area contributed by atoms with Crippen LogP contribution >= 0.6 is 0 Å². The zero-order valence-corrected chi connectivity index (χ0v) is 13.4. The molecule has 2 aromatic carbocycles. The fraction of sp³-hybridized carbons (Fsp3) is 0.222. The highest BCUT2D eigenvalue weighted by Crippen LogP contribution is 2.13. The molecule has 0 saturated carbocycles. The zero-order chi connectivity index (χ0) is 16.8. The number of benzene rings is 2. The summed E-state index contributed by atoms with van der Waals surface area (Å²) in [6.45, 7) is 2.66. The molecule has 0 unspecified atom stereocenters. The van der Waals surface area contributed by atoms with Crippen molar-refractivity contribution >= 4 is 17.6 Å². The zero-order valence-electron chi connectivity index (χ0n) is 13.4. The summed E-state index contributed by atoms with van der Waals surface area (Å²) in [5, 5.41) is 2.46. The molecule has 5 heteroatoms. The quantitative estimate of drug-likeness (QED) is 0.890. The van der Waals surface area contributed by atoms with Crippen LogP contribution in [0.3, 0.4) is 0 Å². The van der Waals surface area contributed by atoms with Gasteiger partial charge in [0.2, 0.25) is 0 Å². The predicted molar refractivity (Wildman–Crippen MR) is 91.3 cm³/mol. The lowest BCUT2D eigenvalue weighted by Crippen LogP contribution is -2.26. The number of carbonyl (C=O) groups is 2. The van der Waals surface area contributed by atoms with Crippen molar-refractivity contribution in [3.8, 4) is 0 Å². The minimum absolute atomic E-state index is 0.0739. The minimum atomic E-state index is -0.628. The van der Waals surface area contributed by atoms with Crippen LogP contribution in [0.4, 0.5) is 10.5 Å². The van der Waals surface area contributed by atoms with Crippen LogP contribution in [0, 0.1) is 0 Å².